The highest BCUT2D eigenvalue weighted by Gasteiger charge is 2.31. The maximum absolute atomic E-state index is 12.3. The van der Waals surface area contributed by atoms with Crippen LogP contribution in [0.2, 0.25) is 0 Å². The van der Waals surface area contributed by atoms with Crippen molar-refractivity contribution in [1.82, 2.24) is 9.62 Å². The van der Waals surface area contributed by atoms with Crippen LogP contribution in [-0.4, -0.2) is 57.4 Å². The van der Waals surface area contributed by atoms with Crippen molar-refractivity contribution in [3.05, 3.63) is 0 Å². The Hall–Kier alpha value is 0.120. The lowest BCUT2D eigenvalue weighted by atomic mass is 9.98. The number of piperidine rings is 1. The predicted molar refractivity (Wildman–Crippen MR) is 82.8 cm³/mol. The molecule has 2 saturated heterocycles. The van der Waals surface area contributed by atoms with Gasteiger partial charge in [-0.2, -0.15) is 0 Å². The quantitative estimate of drug-likeness (QED) is 0.798. The molecule has 2 fully saturated rings. The fourth-order valence-electron chi connectivity index (χ4n) is 2.86. The number of nitrogens with one attached hydrogen (secondary N) is 1. The van der Waals surface area contributed by atoms with Gasteiger partial charge < -0.3 is 10.1 Å². The second-order valence-electron chi connectivity index (χ2n) is 5.56. The maximum atomic E-state index is 12.3. The SMILES string of the molecule is CCNCC1CCN(S(=O)(=O)CC2CCCO2)CC1.Cl. The van der Waals surface area contributed by atoms with E-state index in [9.17, 15) is 8.42 Å². The van der Waals surface area contributed by atoms with Gasteiger partial charge in [-0.25, -0.2) is 12.7 Å². The fourth-order valence-corrected chi connectivity index (χ4v) is 4.57. The second-order valence-corrected chi connectivity index (χ2v) is 7.58. The van der Waals surface area contributed by atoms with Gasteiger partial charge in [0, 0.05) is 19.7 Å². The molecule has 1 N–H and O–H groups in total. The number of rotatable bonds is 6. The summed E-state index contributed by atoms with van der Waals surface area (Å²) in [5.74, 6) is 0.791. The van der Waals surface area contributed by atoms with Gasteiger partial charge in [-0.3, -0.25) is 0 Å². The molecule has 2 rings (SSSR count). The lowest BCUT2D eigenvalue weighted by Gasteiger charge is -2.31. The van der Waals surface area contributed by atoms with Crippen LogP contribution in [0.15, 0.2) is 0 Å². The highest BCUT2D eigenvalue weighted by Crippen LogP contribution is 2.22. The van der Waals surface area contributed by atoms with Gasteiger partial charge in [-0.15, -0.1) is 12.4 Å². The van der Waals surface area contributed by atoms with Crippen molar-refractivity contribution < 1.29 is 13.2 Å². The standard InChI is InChI=1S/C13H26N2O3S.ClH/c1-2-14-10-12-5-7-15(8-6-12)19(16,17)11-13-4-3-9-18-13;/h12-14H,2-11H2,1H3;1H. The van der Waals surface area contributed by atoms with Crippen LogP contribution in [0.25, 0.3) is 0 Å². The van der Waals surface area contributed by atoms with Crippen LogP contribution in [0, 0.1) is 5.92 Å². The van der Waals surface area contributed by atoms with Crippen molar-refractivity contribution in [3.8, 4) is 0 Å². The van der Waals surface area contributed by atoms with E-state index in [0.29, 0.717) is 25.6 Å². The molecule has 0 aromatic rings. The van der Waals surface area contributed by atoms with E-state index in [2.05, 4.69) is 12.2 Å². The van der Waals surface area contributed by atoms with Crippen LogP contribution in [0.1, 0.15) is 32.6 Å². The van der Waals surface area contributed by atoms with Crippen LogP contribution < -0.4 is 5.32 Å². The number of halogens is 1. The van der Waals surface area contributed by atoms with Gasteiger partial charge >= 0.3 is 0 Å². The van der Waals surface area contributed by atoms with E-state index in [1.165, 1.54) is 0 Å². The average molecular weight is 327 g/mol. The molecule has 0 aliphatic carbocycles. The molecular weight excluding hydrogens is 300 g/mol. The third kappa shape index (κ3) is 5.15. The Labute approximate surface area is 128 Å². The summed E-state index contributed by atoms with van der Waals surface area (Å²) in [7, 11) is -3.12. The second kappa shape index (κ2) is 8.54. The molecule has 0 amide bonds. The fraction of sp³-hybridized carbons (Fsp3) is 1.00. The molecular formula is C13H27ClN2O3S. The Morgan fingerprint density at radius 3 is 2.50 bits per heavy atom. The molecule has 0 radical (unpaired) electrons. The van der Waals surface area contributed by atoms with Crippen molar-refractivity contribution in [1.29, 1.82) is 0 Å². The van der Waals surface area contributed by atoms with Gasteiger partial charge in [0.1, 0.15) is 0 Å². The highest BCUT2D eigenvalue weighted by atomic mass is 35.5. The summed E-state index contributed by atoms with van der Waals surface area (Å²) in [6.07, 6.45) is 3.74. The van der Waals surface area contributed by atoms with Crippen LogP contribution in [-0.2, 0) is 14.8 Å². The van der Waals surface area contributed by atoms with E-state index in [1.54, 1.807) is 4.31 Å². The Kier molecular flexibility index (Phi) is 7.75. The van der Waals surface area contributed by atoms with Crippen molar-refractivity contribution in [2.24, 2.45) is 5.92 Å². The van der Waals surface area contributed by atoms with E-state index >= 15 is 0 Å². The summed E-state index contributed by atoms with van der Waals surface area (Å²) in [5, 5.41) is 3.34. The topological polar surface area (TPSA) is 58.6 Å². The molecule has 0 aromatic heterocycles. The van der Waals surface area contributed by atoms with Gasteiger partial charge in [0.05, 0.1) is 11.9 Å². The van der Waals surface area contributed by atoms with E-state index < -0.39 is 10.0 Å². The van der Waals surface area contributed by atoms with Gasteiger partial charge in [0.15, 0.2) is 0 Å². The van der Waals surface area contributed by atoms with Crippen LogP contribution in [0.4, 0.5) is 0 Å². The van der Waals surface area contributed by atoms with E-state index in [-0.39, 0.29) is 24.3 Å². The minimum atomic E-state index is -3.12. The normalized spacial score (nSPS) is 25.6. The summed E-state index contributed by atoms with van der Waals surface area (Å²) >= 11 is 0. The lowest BCUT2D eigenvalue weighted by molar-refractivity contribution is 0.126. The van der Waals surface area contributed by atoms with Crippen LogP contribution in [0.3, 0.4) is 0 Å². The first kappa shape index (κ1) is 18.2. The lowest BCUT2D eigenvalue weighted by Crippen LogP contribution is -2.43. The highest BCUT2D eigenvalue weighted by molar-refractivity contribution is 7.89. The smallest absolute Gasteiger partial charge is 0.216 e. The summed E-state index contributed by atoms with van der Waals surface area (Å²) < 4.78 is 31.7. The number of sulfonamides is 1. The summed E-state index contributed by atoms with van der Waals surface area (Å²) in [4.78, 5) is 0. The molecule has 0 spiro atoms. The Bertz CT molecular complexity index is 364. The van der Waals surface area contributed by atoms with Gasteiger partial charge in [0.25, 0.3) is 0 Å². The molecule has 2 aliphatic rings. The van der Waals surface area contributed by atoms with Crippen LogP contribution in [0.5, 0.6) is 0 Å². The van der Waals surface area contributed by atoms with Crippen molar-refractivity contribution >= 4 is 22.4 Å². The van der Waals surface area contributed by atoms with Gasteiger partial charge in [-0.1, -0.05) is 6.92 Å². The molecule has 7 heteroatoms. The molecule has 120 valence electrons. The summed E-state index contributed by atoms with van der Waals surface area (Å²) in [6.45, 7) is 6.15. The minimum Gasteiger partial charge on any atom is -0.377 e. The molecule has 2 heterocycles. The maximum Gasteiger partial charge on any atom is 0.216 e. The zero-order chi connectivity index (χ0) is 13.7. The van der Waals surface area contributed by atoms with Crippen molar-refractivity contribution in [2.75, 3.05) is 38.5 Å². The Morgan fingerprint density at radius 2 is 1.95 bits per heavy atom. The largest absolute Gasteiger partial charge is 0.377 e. The van der Waals surface area contributed by atoms with Crippen LogP contribution >= 0.6 is 12.4 Å². The number of nitrogens with zero attached hydrogens (tertiary/aromatic N) is 1. The third-order valence-electron chi connectivity index (χ3n) is 4.07. The first-order valence-corrected chi connectivity index (χ1v) is 9.03. The molecule has 0 saturated carbocycles. The Morgan fingerprint density at radius 1 is 1.25 bits per heavy atom. The van der Waals surface area contributed by atoms with E-state index in [1.807, 2.05) is 0 Å². The van der Waals surface area contributed by atoms with Gasteiger partial charge in [0.2, 0.25) is 10.0 Å². The molecule has 1 atom stereocenters. The molecule has 5 nitrogen and oxygen atoms in total. The number of hydrogen-bond acceptors (Lipinski definition) is 4. The Balaban J connectivity index is 0.00000200. The van der Waals surface area contributed by atoms with Crippen molar-refractivity contribution in [2.45, 2.75) is 38.7 Å². The predicted octanol–water partition coefficient (Wildman–Crippen LogP) is 1.24. The first-order chi connectivity index (χ1) is 9.12. The van der Waals surface area contributed by atoms with E-state index in [4.69, 9.17) is 4.74 Å². The zero-order valence-electron chi connectivity index (χ0n) is 12.2. The zero-order valence-corrected chi connectivity index (χ0v) is 13.8. The third-order valence-corrected chi connectivity index (χ3v) is 6.02. The average Bonchev–Trinajstić information content (AvgIpc) is 2.89. The first-order valence-electron chi connectivity index (χ1n) is 7.42. The molecule has 0 bridgehead atoms. The van der Waals surface area contributed by atoms with Gasteiger partial charge in [-0.05, 0) is 44.7 Å². The molecule has 1 unspecified atom stereocenters. The monoisotopic (exact) mass is 326 g/mol. The summed E-state index contributed by atoms with van der Waals surface area (Å²) in [6, 6.07) is 0. The minimum absolute atomic E-state index is 0. The molecule has 20 heavy (non-hydrogen) atoms. The van der Waals surface area contributed by atoms with E-state index in [0.717, 1.165) is 38.8 Å². The molecule has 2 aliphatic heterocycles. The number of ether oxygens (including phenoxy) is 1. The molecule has 0 aromatic carbocycles. The van der Waals surface area contributed by atoms with Crippen molar-refractivity contribution in [3.63, 3.8) is 0 Å². The number of hydrogen-bond donors (Lipinski definition) is 1. The summed E-state index contributed by atoms with van der Waals surface area (Å²) in [5.41, 5.74) is 0.